The van der Waals surface area contributed by atoms with Crippen molar-refractivity contribution in [1.29, 1.82) is 0 Å². The number of carbonyl (C=O) groups excluding carboxylic acids is 1. The van der Waals surface area contributed by atoms with E-state index in [4.69, 9.17) is 33.1 Å². The molecule has 55 heavy (non-hydrogen) atoms. The molecule has 2 aromatic heterocycles. The van der Waals surface area contributed by atoms with Gasteiger partial charge < -0.3 is 28.6 Å². The molecule has 3 aromatic rings. The maximum absolute atomic E-state index is 14.8. The summed E-state index contributed by atoms with van der Waals surface area (Å²) >= 11 is 0. The van der Waals surface area contributed by atoms with E-state index < -0.39 is 60.3 Å². The maximum atomic E-state index is 14.8. The van der Waals surface area contributed by atoms with Crippen molar-refractivity contribution in [2.45, 2.75) is 148 Å². The molecule has 1 saturated heterocycles. The molecule has 0 bridgehead atoms. The third-order valence-electron chi connectivity index (χ3n) is 11.8. The number of carbonyl (C=O) groups is 1. The zero-order chi connectivity index (χ0) is 41.2. The highest BCUT2D eigenvalue weighted by Gasteiger charge is 2.60. The van der Waals surface area contributed by atoms with Gasteiger partial charge in [-0.3, -0.25) is 9.32 Å². The van der Waals surface area contributed by atoms with E-state index in [0.29, 0.717) is 22.8 Å². The lowest BCUT2D eigenvalue weighted by Gasteiger charge is -2.45. The molecule has 1 aliphatic rings. The number of nitrogens with two attached hydrogens (primary N) is 1. The number of fused-ring (bicyclic) bond motifs is 1. The van der Waals surface area contributed by atoms with E-state index in [9.17, 15) is 9.36 Å². The molecule has 0 spiro atoms. The molecule has 13 nitrogen and oxygen atoms in total. The van der Waals surface area contributed by atoms with Gasteiger partial charge in [0, 0.05) is 0 Å². The Bertz CT molecular complexity index is 1790. The van der Waals surface area contributed by atoms with Crippen LogP contribution < -0.4 is 15.3 Å². The molecule has 1 fully saturated rings. The van der Waals surface area contributed by atoms with Crippen LogP contribution >= 0.6 is 7.75 Å². The van der Waals surface area contributed by atoms with E-state index in [1.807, 2.05) is 25.1 Å². The normalized spacial score (nSPS) is 22.9. The van der Waals surface area contributed by atoms with Gasteiger partial charge in [0.25, 0.3) is 0 Å². The quantitative estimate of drug-likeness (QED) is 0.0759. The number of ether oxygens (including phenoxy) is 2. The van der Waals surface area contributed by atoms with Crippen molar-refractivity contribution in [1.82, 2.24) is 19.7 Å². The van der Waals surface area contributed by atoms with Crippen molar-refractivity contribution in [2.24, 2.45) is 5.92 Å². The average Bonchev–Trinajstić information content (AvgIpc) is 3.64. The van der Waals surface area contributed by atoms with Gasteiger partial charge in [0.1, 0.15) is 47.5 Å². The largest absolute Gasteiger partial charge is 0.464 e. The van der Waals surface area contributed by atoms with Crippen LogP contribution in [0.25, 0.3) is 5.52 Å². The van der Waals surface area contributed by atoms with Crippen LogP contribution in [0.1, 0.15) is 87.8 Å². The van der Waals surface area contributed by atoms with E-state index in [-0.39, 0.29) is 29.2 Å². The summed E-state index contributed by atoms with van der Waals surface area (Å²) < 4.78 is 56.3. The fourth-order valence-electron chi connectivity index (χ4n) is 5.97. The van der Waals surface area contributed by atoms with Gasteiger partial charge in [0.05, 0.1) is 18.9 Å². The second-order valence-electron chi connectivity index (χ2n) is 17.9. The van der Waals surface area contributed by atoms with Crippen molar-refractivity contribution < 1.29 is 36.7 Å². The van der Waals surface area contributed by atoms with Crippen LogP contribution in [0.15, 0.2) is 48.8 Å². The summed E-state index contributed by atoms with van der Waals surface area (Å²) in [7, 11) is -9.28. The number of nitrogens with zero attached hydrogens (tertiary/aromatic N) is 3. The molecule has 0 radical (unpaired) electrons. The summed E-state index contributed by atoms with van der Waals surface area (Å²) in [6.45, 7) is 29.6. The highest BCUT2D eigenvalue weighted by Crippen LogP contribution is 2.52. The average molecular weight is 820 g/mol. The van der Waals surface area contributed by atoms with E-state index in [2.05, 4.69) is 96.7 Å². The van der Waals surface area contributed by atoms with Gasteiger partial charge in [-0.25, -0.2) is 14.1 Å². The molecular weight excluding hydrogens is 754 g/mol. The lowest BCUT2D eigenvalue weighted by atomic mass is 9.93. The lowest BCUT2D eigenvalue weighted by Crippen LogP contribution is -2.56. The zero-order valence-corrected chi connectivity index (χ0v) is 38.4. The third-order valence-corrected chi connectivity index (χ3v) is 22.3. The first-order valence-electron chi connectivity index (χ1n) is 19.4. The van der Waals surface area contributed by atoms with Gasteiger partial charge >= 0.3 is 13.7 Å². The molecule has 6 atom stereocenters. The fourth-order valence-corrected chi connectivity index (χ4v) is 10.1. The highest BCUT2D eigenvalue weighted by molar-refractivity contribution is 7.52. The van der Waals surface area contributed by atoms with Crippen LogP contribution in [0.4, 0.5) is 5.82 Å². The van der Waals surface area contributed by atoms with Crippen LogP contribution in [0.5, 0.6) is 5.75 Å². The Labute approximate surface area is 330 Å². The second kappa shape index (κ2) is 17.1. The predicted molar refractivity (Wildman–Crippen MR) is 222 cm³/mol. The molecule has 16 heteroatoms. The summed E-state index contributed by atoms with van der Waals surface area (Å²) in [4.78, 5) is 17.4. The van der Waals surface area contributed by atoms with E-state index in [0.717, 1.165) is 12.8 Å². The number of rotatable bonds is 17. The molecule has 0 saturated carbocycles. The van der Waals surface area contributed by atoms with Gasteiger partial charge in [0.15, 0.2) is 22.5 Å². The summed E-state index contributed by atoms with van der Waals surface area (Å²) in [5, 5.41) is 7.10. The number of hydrogen-bond acceptors (Lipinski definition) is 11. The molecule has 308 valence electrons. The minimum atomic E-state index is -4.26. The van der Waals surface area contributed by atoms with E-state index in [1.165, 1.54) is 6.33 Å². The Balaban J connectivity index is 1.79. The van der Waals surface area contributed by atoms with Crippen molar-refractivity contribution in [3.63, 3.8) is 0 Å². The number of nitrogens with one attached hydrogen (secondary N) is 1. The van der Waals surface area contributed by atoms with Gasteiger partial charge in [-0.05, 0) is 80.3 Å². The molecule has 1 aliphatic heterocycles. The van der Waals surface area contributed by atoms with Gasteiger partial charge in [0.2, 0.25) is 0 Å². The third kappa shape index (κ3) is 10.3. The number of benzene rings is 1. The van der Waals surface area contributed by atoms with Gasteiger partial charge in [-0.2, -0.15) is 10.2 Å². The van der Waals surface area contributed by atoms with Gasteiger partial charge in [-0.1, -0.05) is 86.4 Å². The summed E-state index contributed by atoms with van der Waals surface area (Å²) in [5.74, 6) is 0.309. The van der Waals surface area contributed by atoms with E-state index >= 15 is 0 Å². The Morgan fingerprint density at radius 2 is 1.60 bits per heavy atom. The minimum Gasteiger partial charge on any atom is -0.464 e. The fraction of sp³-hybridized carbons (Fsp3) is 0.667. The van der Waals surface area contributed by atoms with Crippen LogP contribution in [-0.2, 0) is 37.8 Å². The molecule has 3 N–H and O–H groups in total. The Morgan fingerprint density at radius 3 is 2.18 bits per heavy atom. The summed E-state index contributed by atoms with van der Waals surface area (Å²) in [6.07, 6.45) is 1.05. The van der Waals surface area contributed by atoms with Crippen LogP contribution in [-0.4, -0.2) is 74.8 Å². The first-order chi connectivity index (χ1) is 25.4. The number of esters is 1. The molecule has 4 rings (SSSR count). The SMILES string of the molecule is CCC(CC)COC(=O)[C@H](C)NP(=O)(OC[C@H]1O[C@@](C)(c2ccc3c(N)ncnn23)C(O[Si](C)(C)C(C)(C)C)C1O[Si](C)(C)C(C)(C)C)Oc1ccccc1. The van der Waals surface area contributed by atoms with Crippen LogP contribution in [0.2, 0.25) is 36.3 Å². The number of para-hydroxylation sites is 1. The first kappa shape index (κ1) is 45.1. The van der Waals surface area contributed by atoms with Crippen molar-refractivity contribution in [3.05, 3.63) is 54.5 Å². The maximum Gasteiger partial charge on any atom is 0.459 e. The molecule has 0 aliphatic carbocycles. The van der Waals surface area contributed by atoms with Crippen molar-refractivity contribution in [2.75, 3.05) is 18.9 Å². The number of nitrogen functional groups attached to an aromatic ring is 1. The topological polar surface area (TPSA) is 158 Å². The van der Waals surface area contributed by atoms with Crippen molar-refractivity contribution >= 4 is 41.7 Å². The summed E-state index contributed by atoms with van der Waals surface area (Å²) in [6, 6.07) is 11.5. The molecule has 3 unspecified atom stereocenters. The Hall–Kier alpha value is -2.63. The molecule has 3 heterocycles. The highest BCUT2D eigenvalue weighted by atomic mass is 31.2. The number of aromatic nitrogens is 3. The monoisotopic (exact) mass is 819 g/mol. The van der Waals surface area contributed by atoms with Crippen molar-refractivity contribution in [3.8, 4) is 5.75 Å². The second-order valence-corrected chi connectivity index (χ2v) is 29.1. The standard InChI is InChI=1S/C39H66N5O8PSi2/c1-15-28(16-2)24-47-36(45)27(3)43-53(46,50-29-20-18-17-19-21-29)48-25-31-33(51-54(11,12)37(4,5)6)34(52-55(13,14)38(7,8)9)39(10,49-31)32-23-22-30-35(40)41-26-42-44(30)32/h17-23,26-28,31,33-34H,15-16,24-25H2,1-14H3,(H,43,46)(H2,40,41,42)/t27-,31+,33?,34?,39-,53?/m0/s1. The predicted octanol–water partition coefficient (Wildman–Crippen LogP) is 8.87. The Morgan fingerprint density at radius 1 is 1.00 bits per heavy atom. The zero-order valence-electron chi connectivity index (χ0n) is 35.5. The summed E-state index contributed by atoms with van der Waals surface area (Å²) in [5.41, 5.74) is 6.48. The molecule has 1 aromatic carbocycles. The smallest absolute Gasteiger partial charge is 0.459 e. The van der Waals surface area contributed by atoms with Gasteiger partial charge in [-0.15, -0.1) is 0 Å². The molecule has 0 amide bonds. The molecular formula is C39H66N5O8PSi2. The number of anilines is 1. The lowest BCUT2D eigenvalue weighted by molar-refractivity contribution is -0.146. The number of hydrogen-bond donors (Lipinski definition) is 2. The van der Waals surface area contributed by atoms with Crippen LogP contribution in [0.3, 0.4) is 0 Å². The van der Waals surface area contributed by atoms with Crippen LogP contribution in [0, 0.1) is 5.92 Å². The minimum absolute atomic E-state index is 0.153. The first-order valence-corrected chi connectivity index (χ1v) is 26.8. The van der Waals surface area contributed by atoms with E-state index in [1.54, 1.807) is 35.7 Å². The Kier molecular flexibility index (Phi) is 14.0.